The zero-order valence-corrected chi connectivity index (χ0v) is 13.6. The first kappa shape index (κ1) is 20.5. The molecule has 0 bridgehead atoms. The molecular weight excluding hydrogens is 352 g/mol. The lowest BCUT2D eigenvalue weighted by atomic mass is 10.00. The summed E-state index contributed by atoms with van der Waals surface area (Å²) in [5.41, 5.74) is 5.89. The second-order valence-electron chi connectivity index (χ2n) is 5.65. The number of anilines is 1. The molecule has 1 fully saturated rings. The Morgan fingerprint density at radius 3 is 2.62 bits per heavy atom. The minimum atomic E-state index is -4.55. The van der Waals surface area contributed by atoms with Crippen molar-refractivity contribution in [2.24, 2.45) is 11.7 Å². The van der Waals surface area contributed by atoms with Gasteiger partial charge in [-0.1, -0.05) is 6.42 Å². The van der Waals surface area contributed by atoms with Crippen LogP contribution in [0.5, 0.6) is 5.75 Å². The first-order chi connectivity index (χ1) is 10.7. The molecule has 0 spiro atoms. The summed E-state index contributed by atoms with van der Waals surface area (Å²) in [6.07, 6.45) is -1.72. The molecule has 1 amide bonds. The predicted molar refractivity (Wildman–Crippen MR) is 83.8 cm³/mol. The fourth-order valence-electron chi connectivity index (χ4n) is 2.64. The van der Waals surface area contributed by atoms with Crippen molar-refractivity contribution >= 4 is 24.0 Å². The second-order valence-corrected chi connectivity index (χ2v) is 5.65. The molecule has 136 valence electrons. The minimum absolute atomic E-state index is 0. The number of rotatable bonds is 5. The Labute approximate surface area is 143 Å². The minimum Gasteiger partial charge on any atom is -0.482 e. The Morgan fingerprint density at radius 2 is 2.04 bits per heavy atom. The SMILES string of the molecule is Cl.N[C@@H]1CCC[C@H]1CC(=O)Nc1ccc(F)cc1OCC(F)(F)F. The van der Waals surface area contributed by atoms with E-state index in [2.05, 4.69) is 10.1 Å². The van der Waals surface area contributed by atoms with E-state index >= 15 is 0 Å². The van der Waals surface area contributed by atoms with Crippen LogP contribution in [-0.2, 0) is 4.79 Å². The third-order valence-corrected chi connectivity index (χ3v) is 3.77. The van der Waals surface area contributed by atoms with Crippen LogP contribution in [0.15, 0.2) is 18.2 Å². The Morgan fingerprint density at radius 1 is 1.33 bits per heavy atom. The Kier molecular flexibility index (Phi) is 7.28. The fraction of sp³-hybridized carbons (Fsp3) is 0.533. The molecule has 1 aliphatic rings. The van der Waals surface area contributed by atoms with Gasteiger partial charge in [0.1, 0.15) is 11.6 Å². The summed E-state index contributed by atoms with van der Waals surface area (Å²) in [5.74, 6) is -1.44. The molecule has 2 atom stereocenters. The van der Waals surface area contributed by atoms with Gasteiger partial charge in [-0.25, -0.2) is 4.39 Å². The van der Waals surface area contributed by atoms with Crippen LogP contribution in [0.4, 0.5) is 23.2 Å². The van der Waals surface area contributed by atoms with Crippen LogP contribution in [0.1, 0.15) is 25.7 Å². The summed E-state index contributed by atoms with van der Waals surface area (Å²) in [7, 11) is 0. The van der Waals surface area contributed by atoms with Crippen molar-refractivity contribution in [3.63, 3.8) is 0 Å². The first-order valence-electron chi connectivity index (χ1n) is 7.29. The lowest BCUT2D eigenvalue weighted by molar-refractivity contribution is -0.153. The smallest absolute Gasteiger partial charge is 0.422 e. The lowest BCUT2D eigenvalue weighted by Gasteiger charge is -2.17. The Bertz CT molecular complexity index is 569. The van der Waals surface area contributed by atoms with Crippen molar-refractivity contribution in [2.75, 3.05) is 11.9 Å². The van der Waals surface area contributed by atoms with Crippen molar-refractivity contribution in [1.82, 2.24) is 0 Å². The third-order valence-electron chi connectivity index (χ3n) is 3.77. The van der Waals surface area contributed by atoms with E-state index in [-0.39, 0.29) is 48.1 Å². The maximum Gasteiger partial charge on any atom is 0.422 e. The van der Waals surface area contributed by atoms with Crippen LogP contribution in [0.25, 0.3) is 0 Å². The number of ether oxygens (including phenoxy) is 1. The molecule has 0 aromatic heterocycles. The molecule has 3 N–H and O–H groups in total. The highest BCUT2D eigenvalue weighted by molar-refractivity contribution is 5.92. The van der Waals surface area contributed by atoms with Gasteiger partial charge in [0.25, 0.3) is 0 Å². The van der Waals surface area contributed by atoms with Crippen LogP contribution in [0.3, 0.4) is 0 Å². The molecule has 2 rings (SSSR count). The lowest BCUT2D eigenvalue weighted by Crippen LogP contribution is -2.28. The largest absolute Gasteiger partial charge is 0.482 e. The number of carbonyl (C=O) groups excluding carboxylic acids is 1. The van der Waals surface area contributed by atoms with E-state index in [4.69, 9.17) is 5.73 Å². The highest BCUT2D eigenvalue weighted by Crippen LogP contribution is 2.30. The van der Waals surface area contributed by atoms with E-state index in [9.17, 15) is 22.4 Å². The number of carbonyl (C=O) groups is 1. The first-order valence-corrected chi connectivity index (χ1v) is 7.29. The van der Waals surface area contributed by atoms with Crippen molar-refractivity contribution in [2.45, 2.75) is 37.9 Å². The summed E-state index contributed by atoms with van der Waals surface area (Å²) in [4.78, 5) is 12.0. The number of alkyl halides is 3. The molecule has 0 aliphatic heterocycles. The Hall–Kier alpha value is -1.54. The topological polar surface area (TPSA) is 64.4 Å². The molecule has 0 radical (unpaired) electrons. The van der Waals surface area contributed by atoms with Gasteiger partial charge < -0.3 is 15.8 Å². The summed E-state index contributed by atoms with van der Waals surface area (Å²) < 4.78 is 54.5. The van der Waals surface area contributed by atoms with Crippen molar-refractivity contribution in [3.05, 3.63) is 24.0 Å². The predicted octanol–water partition coefficient (Wildman–Crippen LogP) is 3.64. The molecule has 4 nitrogen and oxygen atoms in total. The molecule has 1 aliphatic carbocycles. The number of hydrogen-bond acceptors (Lipinski definition) is 3. The number of amides is 1. The fourth-order valence-corrected chi connectivity index (χ4v) is 2.64. The van der Waals surface area contributed by atoms with Gasteiger partial charge in [0.2, 0.25) is 5.91 Å². The van der Waals surface area contributed by atoms with Crippen molar-refractivity contribution < 1.29 is 27.1 Å². The van der Waals surface area contributed by atoms with E-state index < -0.39 is 18.6 Å². The number of nitrogens with one attached hydrogen (secondary N) is 1. The van der Waals surface area contributed by atoms with Gasteiger partial charge in [0, 0.05) is 18.5 Å². The van der Waals surface area contributed by atoms with Crippen LogP contribution in [-0.4, -0.2) is 24.7 Å². The third kappa shape index (κ3) is 6.16. The van der Waals surface area contributed by atoms with Gasteiger partial charge in [-0.05, 0) is 30.9 Å². The molecule has 0 unspecified atom stereocenters. The monoisotopic (exact) mass is 370 g/mol. The summed E-state index contributed by atoms with van der Waals surface area (Å²) in [5, 5.41) is 2.47. The maximum absolute atomic E-state index is 13.2. The molecule has 0 saturated heterocycles. The quantitative estimate of drug-likeness (QED) is 0.778. The standard InChI is InChI=1S/C15H18F4N2O2.ClH/c16-10-4-5-12(13(7-10)23-8-15(17,18)19)21-14(22)6-9-2-1-3-11(9)20;/h4-5,7,9,11H,1-3,6,8,20H2,(H,21,22);1H/t9-,11+;/m0./s1. The van der Waals surface area contributed by atoms with E-state index in [1.165, 1.54) is 6.07 Å². The van der Waals surface area contributed by atoms with Crippen molar-refractivity contribution in [1.29, 1.82) is 0 Å². The van der Waals surface area contributed by atoms with Gasteiger partial charge >= 0.3 is 6.18 Å². The van der Waals surface area contributed by atoms with Gasteiger partial charge in [0.15, 0.2) is 6.61 Å². The molecule has 9 heteroatoms. The molecule has 1 aromatic rings. The highest BCUT2D eigenvalue weighted by atomic mass is 35.5. The van der Waals surface area contributed by atoms with Crippen LogP contribution in [0.2, 0.25) is 0 Å². The average Bonchev–Trinajstić information content (AvgIpc) is 2.83. The van der Waals surface area contributed by atoms with Gasteiger partial charge in [0.05, 0.1) is 5.69 Å². The van der Waals surface area contributed by atoms with Crippen LogP contribution < -0.4 is 15.8 Å². The zero-order valence-electron chi connectivity index (χ0n) is 12.7. The van der Waals surface area contributed by atoms with Gasteiger partial charge in [-0.2, -0.15) is 13.2 Å². The van der Waals surface area contributed by atoms with Crippen LogP contribution in [0, 0.1) is 11.7 Å². The molecule has 1 saturated carbocycles. The maximum atomic E-state index is 13.2. The number of hydrogen-bond donors (Lipinski definition) is 2. The van der Waals surface area contributed by atoms with E-state index in [1.807, 2.05) is 0 Å². The highest BCUT2D eigenvalue weighted by Gasteiger charge is 2.29. The summed E-state index contributed by atoms with van der Waals surface area (Å²) in [6, 6.07) is 2.97. The van der Waals surface area contributed by atoms with Crippen molar-refractivity contribution in [3.8, 4) is 5.75 Å². The average molecular weight is 371 g/mol. The molecule has 1 aromatic carbocycles. The van der Waals surface area contributed by atoms with E-state index in [1.54, 1.807) is 0 Å². The van der Waals surface area contributed by atoms with Crippen LogP contribution >= 0.6 is 12.4 Å². The summed E-state index contributed by atoms with van der Waals surface area (Å²) >= 11 is 0. The molecular formula is C15H19ClF4N2O2. The molecule has 0 heterocycles. The zero-order chi connectivity index (χ0) is 17.0. The number of nitrogens with two attached hydrogens (primary N) is 1. The molecule has 24 heavy (non-hydrogen) atoms. The Balaban J connectivity index is 0.00000288. The van der Waals surface area contributed by atoms with Gasteiger partial charge in [-0.15, -0.1) is 12.4 Å². The number of halogens is 5. The second kappa shape index (κ2) is 8.53. The normalized spacial score (nSPS) is 20.4. The summed E-state index contributed by atoms with van der Waals surface area (Å²) in [6.45, 7) is -1.56. The van der Waals surface area contributed by atoms with E-state index in [0.717, 1.165) is 31.4 Å². The van der Waals surface area contributed by atoms with Gasteiger partial charge in [-0.3, -0.25) is 4.79 Å². The van der Waals surface area contributed by atoms with E-state index in [0.29, 0.717) is 0 Å². The number of benzene rings is 1.